The lowest BCUT2D eigenvalue weighted by atomic mass is 10.1. The van der Waals surface area contributed by atoms with E-state index in [1.54, 1.807) is 6.08 Å². The molecule has 0 spiro atoms. The van der Waals surface area contributed by atoms with Crippen LogP contribution in [0.15, 0.2) is 30.3 Å². The molecule has 1 aliphatic carbocycles. The summed E-state index contributed by atoms with van der Waals surface area (Å²) >= 11 is 0. The van der Waals surface area contributed by atoms with E-state index < -0.39 is 5.97 Å². The number of carboxylic acids is 1. The highest BCUT2D eigenvalue weighted by molar-refractivity contribution is 5.92. The number of aliphatic carboxylic acids is 1. The van der Waals surface area contributed by atoms with Crippen molar-refractivity contribution < 1.29 is 14.7 Å². The maximum Gasteiger partial charge on any atom is 0.305 e. The minimum Gasteiger partial charge on any atom is -0.481 e. The Kier molecular flexibility index (Phi) is 5.14. The van der Waals surface area contributed by atoms with E-state index in [9.17, 15) is 9.59 Å². The molecule has 112 valence electrons. The quantitative estimate of drug-likeness (QED) is 0.758. The third kappa shape index (κ3) is 5.06. The Bertz CT molecular complexity index is 529. The lowest BCUT2D eigenvalue weighted by Crippen LogP contribution is -2.37. The van der Waals surface area contributed by atoms with E-state index in [1.807, 2.05) is 24.3 Å². The van der Waals surface area contributed by atoms with Crippen molar-refractivity contribution in [1.82, 2.24) is 5.32 Å². The second-order valence-electron chi connectivity index (χ2n) is 5.48. The van der Waals surface area contributed by atoms with E-state index in [0.717, 1.165) is 24.8 Å². The van der Waals surface area contributed by atoms with Crippen LogP contribution in [0.1, 0.15) is 37.3 Å². The third-order valence-electron chi connectivity index (χ3n) is 3.73. The molecule has 1 aromatic carbocycles. The van der Waals surface area contributed by atoms with Crippen LogP contribution >= 0.6 is 0 Å². The van der Waals surface area contributed by atoms with E-state index >= 15 is 0 Å². The zero-order valence-electron chi connectivity index (χ0n) is 12.2. The van der Waals surface area contributed by atoms with Crippen LogP contribution in [0.5, 0.6) is 0 Å². The second-order valence-corrected chi connectivity index (χ2v) is 5.48. The van der Waals surface area contributed by atoms with Crippen molar-refractivity contribution in [2.24, 2.45) is 5.92 Å². The number of aryl methyl sites for hydroxylation is 1. The molecule has 0 bridgehead atoms. The van der Waals surface area contributed by atoms with Crippen LogP contribution in [0, 0.1) is 5.92 Å². The number of hydrogen-bond acceptors (Lipinski definition) is 2. The summed E-state index contributed by atoms with van der Waals surface area (Å²) < 4.78 is 0. The lowest BCUT2D eigenvalue weighted by Gasteiger charge is -2.14. The molecule has 2 N–H and O–H groups in total. The standard InChI is InChI=1S/C17H21NO3/c1-2-12-3-5-13(6-4-12)7-10-16(19)18-15(11-17(20)21)14-8-9-14/h3-7,10,14-15H,2,8-9,11H2,1H3,(H,18,19)(H,20,21)/b10-7+. The molecular weight excluding hydrogens is 266 g/mol. The summed E-state index contributed by atoms with van der Waals surface area (Å²) in [6.45, 7) is 2.10. The van der Waals surface area contributed by atoms with Crippen molar-refractivity contribution in [1.29, 1.82) is 0 Å². The van der Waals surface area contributed by atoms with Crippen LogP contribution < -0.4 is 5.32 Å². The van der Waals surface area contributed by atoms with Crippen molar-refractivity contribution in [3.63, 3.8) is 0 Å². The van der Waals surface area contributed by atoms with Crippen molar-refractivity contribution in [2.75, 3.05) is 0 Å². The molecule has 1 aliphatic rings. The monoisotopic (exact) mass is 287 g/mol. The molecule has 4 heteroatoms. The Morgan fingerprint density at radius 1 is 1.33 bits per heavy atom. The molecule has 0 heterocycles. The number of hydrogen-bond donors (Lipinski definition) is 2. The van der Waals surface area contributed by atoms with Gasteiger partial charge >= 0.3 is 5.97 Å². The van der Waals surface area contributed by atoms with Gasteiger partial charge in [0.15, 0.2) is 0 Å². The maximum absolute atomic E-state index is 11.9. The predicted molar refractivity (Wildman–Crippen MR) is 81.8 cm³/mol. The van der Waals surface area contributed by atoms with Crippen molar-refractivity contribution in [3.05, 3.63) is 41.5 Å². The Morgan fingerprint density at radius 2 is 2.00 bits per heavy atom. The van der Waals surface area contributed by atoms with Crippen LogP contribution in [0.4, 0.5) is 0 Å². The number of carbonyl (C=O) groups is 2. The van der Waals surface area contributed by atoms with Crippen molar-refractivity contribution in [2.45, 2.75) is 38.6 Å². The average Bonchev–Trinajstić information content (AvgIpc) is 3.29. The first-order valence-electron chi connectivity index (χ1n) is 7.37. The fraction of sp³-hybridized carbons (Fsp3) is 0.412. The zero-order chi connectivity index (χ0) is 15.2. The van der Waals surface area contributed by atoms with Crippen LogP contribution in [-0.4, -0.2) is 23.0 Å². The molecule has 0 aromatic heterocycles. The van der Waals surface area contributed by atoms with E-state index in [2.05, 4.69) is 12.2 Å². The Labute approximate surface area is 124 Å². The molecule has 2 rings (SSSR count). The fourth-order valence-electron chi connectivity index (χ4n) is 2.29. The molecule has 21 heavy (non-hydrogen) atoms. The molecule has 1 atom stereocenters. The SMILES string of the molecule is CCc1ccc(/C=C/C(=O)NC(CC(=O)O)C2CC2)cc1. The Morgan fingerprint density at radius 3 is 2.52 bits per heavy atom. The molecule has 1 amide bonds. The van der Waals surface area contributed by atoms with Gasteiger partial charge in [-0.05, 0) is 42.4 Å². The van der Waals surface area contributed by atoms with Crippen LogP contribution in [0.25, 0.3) is 6.08 Å². The normalized spacial score (nSPS) is 15.9. The molecule has 0 aliphatic heterocycles. The smallest absolute Gasteiger partial charge is 0.305 e. The summed E-state index contributed by atoms with van der Waals surface area (Å²) in [4.78, 5) is 22.7. The minimum atomic E-state index is -0.869. The molecule has 1 fully saturated rings. The molecule has 4 nitrogen and oxygen atoms in total. The number of amides is 1. The maximum atomic E-state index is 11.9. The lowest BCUT2D eigenvalue weighted by molar-refractivity contribution is -0.137. The van der Waals surface area contributed by atoms with Gasteiger partial charge in [0.2, 0.25) is 5.91 Å². The van der Waals surface area contributed by atoms with E-state index in [1.165, 1.54) is 11.6 Å². The molecular formula is C17H21NO3. The molecule has 0 saturated heterocycles. The summed E-state index contributed by atoms with van der Waals surface area (Å²) in [6.07, 6.45) is 6.21. The number of carbonyl (C=O) groups excluding carboxylic acids is 1. The zero-order valence-corrected chi connectivity index (χ0v) is 12.2. The van der Waals surface area contributed by atoms with E-state index in [0.29, 0.717) is 5.92 Å². The first kappa shape index (κ1) is 15.3. The summed E-state index contributed by atoms with van der Waals surface area (Å²) in [5.74, 6) is -0.777. The summed E-state index contributed by atoms with van der Waals surface area (Å²) in [5.41, 5.74) is 2.22. The topological polar surface area (TPSA) is 66.4 Å². The van der Waals surface area contributed by atoms with Gasteiger partial charge in [0.25, 0.3) is 0 Å². The number of benzene rings is 1. The predicted octanol–water partition coefficient (Wildman–Crippen LogP) is 2.63. The largest absolute Gasteiger partial charge is 0.481 e. The van der Waals surface area contributed by atoms with Gasteiger partial charge in [-0.25, -0.2) is 0 Å². The Hall–Kier alpha value is -2.10. The van der Waals surface area contributed by atoms with Crippen LogP contribution in [-0.2, 0) is 16.0 Å². The van der Waals surface area contributed by atoms with Gasteiger partial charge in [-0.2, -0.15) is 0 Å². The van der Waals surface area contributed by atoms with Gasteiger partial charge < -0.3 is 10.4 Å². The highest BCUT2D eigenvalue weighted by Crippen LogP contribution is 2.34. The average molecular weight is 287 g/mol. The number of nitrogens with one attached hydrogen (secondary N) is 1. The number of carboxylic acid groups (broad SMARTS) is 1. The molecule has 1 unspecified atom stereocenters. The van der Waals surface area contributed by atoms with Gasteiger partial charge in [0, 0.05) is 12.1 Å². The van der Waals surface area contributed by atoms with Gasteiger partial charge in [-0.3, -0.25) is 9.59 Å². The van der Waals surface area contributed by atoms with Gasteiger partial charge in [0.1, 0.15) is 0 Å². The first-order chi connectivity index (χ1) is 10.1. The van der Waals surface area contributed by atoms with E-state index in [4.69, 9.17) is 5.11 Å². The molecule has 0 radical (unpaired) electrons. The first-order valence-corrected chi connectivity index (χ1v) is 7.37. The Balaban J connectivity index is 1.89. The highest BCUT2D eigenvalue weighted by atomic mass is 16.4. The highest BCUT2D eigenvalue weighted by Gasteiger charge is 2.33. The van der Waals surface area contributed by atoms with Crippen molar-refractivity contribution in [3.8, 4) is 0 Å². The molecule has 1 aromatic rings. The number of rotatable bonds is 7. The van der Waals surface area contributed by atoms with E-state index in [-0.39, 0.29) is 18.4 Å². The van der Waals surface area contributed by atoms with Crippen LogP contribution in [0.3, 0.4) is 0 Å². The minimum absolute atomic E-state index is 0.00452. The molecule has 1 saturated carbocycles. The van der Waals surface area contributed by atoms with Gasteiger partial charge in [0.05, 0.1) is 6.42 Å². The summed E-state index contributed by atoms with van der Waals surface area (Å²) in [6, 6.07) is 7.77. The van der Waals surface area contributed by atoms with Crippen molar-refractivity contribution >= 4 is 18.0 Å². The fourth-order valence-corrected chi connectivity index (χ4v) is 2.29. The van der Waals surface area contributed by atoms with Gasteiger partial charge in [-0.1, -0.05) is 31.2 Å². The van der Waals surface area contributed by atoms with Crippen LogP contribution in [0.2, 0.25) is 0 Å². The summed E-state index contributed by atoms with van der Waals surface area (Å²) in [7, 11) is 0. The summed E-state index contributed by atoms with van der Waals surface area (Å²) in [5, 5.41) is 11.7. The second kappa shape index (κ2) is 7.07. The third-order valence-corrected chi connectivity index (χ3v) is 3.73. The van der Waals surface area contributed by atoms with Gasteiger partial charge in [-0.15, -0.1) is 0 Å².